The van der Waals surface area contributed by atoms with Crippen LogP contribution >= 0.6 is 11.3 Å². The summed E-state index contributed by atoms with van der Waals surface area (Å²) in [6.07, 6.45) is 3.28. The Bertz CT molecular complexity index is 1040. The second kappa shape index (κ2) is 8.04. The van der Waals surface area contributed by atoms with Gasteiger partial charge in [-0.15, -0.1) is 11.3 Å². The molecule has 0 saturated heterocycles. The van der Waals surface area contributed by atoms with Crippen LogP contribution in [-0.2, 0) is 13.1 Å². The van der Waals surface area contributed by atoms with Crippen molar-refractivity contribution < 1.29 is 0 Å². The van der Waals surface area contributed by atoms with E-state index in [-0.39, 0.29) is 6.04 Å². The van der Waals surface area contributed by atoms with E-state index in [9.17, 15) is 0 Å². The summed E-state index contributed by atoms with van der Waals surface area (Å²) >= 11 is 1.66. The molecule has 0 bridgehead atoms. The number of hydrogen-bond donors (Lipinski definition) is 1. The van der Waals surface area contributed by atoms with Gasteiger partial charge in [0.2, 0.25) is 0 Å². The molecule has 1 atom stereocenters. The maximum Gasteiger partial charge on any atom is 0.146 e. The molecule has 7 nitrogen and oxygen atoms in total. The molecular formula is C20H23N7S. The van der Waals surface area contributed by atoms with Crippen LogP contribution in [0.2, 0.25) is 0 Å². The number of aromatic nitrogens is 5. The first kappa shape index (κ1) is 18.5. The van der Waals surface area contributed by atoms with E-state index in [1.165, 1.54) is 5.56 Å². The summed E-state index contributed by atoms with van der Waals surface area (Å²) in [7, 11) is 4.05. The molecule has 0 aliphatic rings. The zero-order valence-corrected chi connectivity index (χ0v) is 17.0. The van der Waals surface area contributed by atoms with Gasteiger partial charge in [0.05, 0.1) is 18.5 Å². The molecule has 144 valence electrons. The summed E-state index contributed by atoms with van der Waals surface area (Å²) in [5.74, 6) is 1.68. The Hall–Kier alpha value is -2.84. The summed E-state index contributed by atoms with van der Waals surface area (Å²) in [5.41, 5.74) is 2.33. The average Bonchev–Trinajstić information content (AvgIpc) is 3.31. The first-order valence-corrected chi connectivity index (χ1v) is 10.1. The van der Waals surface area contributed by atoms with Crippen LogP contribution in [0.1, 0.15) is 12.7 Å². The first-order valence-electron chi connectivity index (χ1n) is 9.17. The lowest BCUT2D eigenvalue weighted by Gasteiger charge is -2.17. The highest BCUT2D eigenvalue weighted by Gasteiger charge is 2.17. The zero-order chi connectivity index (χ0) is 19.5. The van der Waals surface area contributed by atoms with Crippen molar-refractivity contribution in [1.82, 2.24) is 29.6 Å². The molecule has 4 rings (SSSR count). The van der Waals surface area contributed by atoms with Crippen molar-refractivity contribution in [1.29, 1.82) is 0 Å². The quantitative estimate of drug-likeness (QED) is 0.518. The number of fused-ring (bicyclic) bond motifs is 1. The van der Waals surface area contributed by atoms with E-state index >= 15 is 0 Å². The van der Waals surface area contributed by atoms with E-state index in [0.29, 0.717) is 13.1 Å². The Kier molecular flexibility index (Phi) is 5.31. The van der Waals surface area contributed by atoms with Crippen LogP contribution in [-0.4, -0.2) is 49.8 Å². The second-order valence-electron chi connectivity index (χ2n) is 7.08. The minimum absolute atomic E-state index is 0.135. The standard InChI is InChI=1S/C20H23N7S/c1-14(9-27-13-21-12-22-27)23-19-18-16(15-7-5-4-6-8-15)11-28-20(18)25-17(24-19)10-26(2)3/h4-8,11-14H,9-10H2,1-3H3,(H,23,24,25). The number of hydrogen-bond acceptors (Lipinski definition) is 7. The molecule has 4 aromatic rings. The van der Waals surface area contributed by atoms with Crippen LogP contribution in [0.3, 0.4) is 0 Å². The predicted octanol–water partition coefficient (Wildman–Crippen LogP) is 3.51. The van der Waals surface area contributed by atoms with E-state index in [1.54, 1.807) is 24.0 Å². The summed E-state index contributed by atoms with van der Waals surface area (Å²) in [6, 6.07) is 10.5. The number of anilines is 1. The van der Waals surface area contributed by atoms with E-state index in [0.717, 1.165) is 27.4 Å². The Balaban J connectivity index is 1.75. The van der Waals surface area contributed by atoms with Crippen molar-refractivity contribution in [2.45, 2.75) is 26.1 Å². The SMILES string of the molecule is CC(Cn1cncn1)Nc1nc(CN(C)C)nc2scc(-c3ccccc3)c12. The fourth-order valence-electron chi connectivity index (χ4n) is 3.16. The highest BCUT2D eigenvalue weighted by molar-refractivity contribution is 7.17. The van der Waals surface area contributed by atoms with E-state index in [2.05, 4.69) is 56.9 Å². The molecule has 0 aliphatic heterocycles. The molecule has 28 heavy (non-hydrogen) atoms. The molecule has 0 spiro atoms. The summed E-state index contributed by atoms with van der Waals surface area (Å²) in [5, 5.41) is 11.0. The maximum atomic E-state index is 4.87. The Morgan fingerprint density at radius 3 is 2.71 bits per heavy atom. The summed E-state index contributed by atoms with van der Waals surface area (Å²) in [4.78, 5) is 16.8. The van der Waals surface area contributed by atoms with Gasteiger partial charge < -0.3 is 10.2 Å². The highest BCUT2D eigenvalue weighted by Crippen LogP contribution is 2.37. The molecule has 0 radical (unpaired) electrons. The smallest absolute Gasteiger partial charge is 0.146 e. The monoisotopic (exact) mass is 393 g/mol. The topological polar surface area (TPSA) is 71.8 Å². The van der Waals surface area contributed by atoms with Crippen LogP contribution in [0.5, 0.6) is 0 Å². The van der Waals surface area contributed by atoms with Crippen molar-refractivity contribution >= 4 is 27.4 Å². The van der Waals surface area contributed by atoms with E-state index in [1.807, 2.05) is 24.8 Å². The Labute approximate surface area is 168 Å². The third-order valence-corrected chi connectivity index (χ3v) is 5.21. The zero-order valence-electron chi connectivity index (χ0n) is 16.2. The number of benzene rings is 1. The second-order valence-corrected chi connectivity index (χ2v) is 7.94. The number of nitrogens with zero attached hydrogens (tertiary/aromatic N) is 6. The lowest BCUT2D eigenvalue weighted by atomic mass is 10.1. The fourth-order valence-corrected chi connectivity index (χ4v) is 4.13. The third kappa shape index (κ3) is 4.02. The number of nitrogens with one attached hydrogen (secondary N) is 1. The molecule has 3 heterocycles. The van der Waals surface area contributed by atoms with Crippen molar-refractivity contribution in [2.75, 3.05) is 19.4 Å². The molecule has 0 amide bonds. The van der Waals surface area contributed by atoms with Gasteiger partial charge in [-0.2, -0.15) is 5.10 Å². The van der Waals surface area contributed by atoms with Gasteiger partial charge in [-0.1, -0.05) is 30.3 Å². The van der Waals surface area contributed by atoms with Gasteiger partial charge in [0.15, 0.2) is 0 Å². The lowest BCUT2D eigenvalue weighted by Crippen LogP contribution is -2.23. The number of rotatable bonds is 7. The molecule has 1 aromatic carbocycles. The minimum Gasteiger partial charge on any atom is -0.365 e. The van der Waals surface area contributed by atoms with Crippen molar-refractivity contribution in [3.8, 4) is 11.1 Å². The van der Waals surface area contributed by atoms with Gasteiger partial charge >= 0.3 is 0 Å². The van der Waals surface area contributed by atoms with Crippen molar-refractivity contribution in [3.63, 3.8) is 0 Å². The van der Waals surface area contributed by atoms with Crippen LogP contribution in [0.25, 0.3) is 21.3 Å². The average molecular weight is 394 g/mol. The molecule has 1 N–H and O–H groups in total. The molecule has 3 aromatic heterocycles. The van der Waals surface area contributed by atoms with Gasteiger partial charge in [0.1, 0.15) is 29.1 Å². The van der Waals surface area contributed by atoms with E-state index < -0.39 is 0 Å². The third-order valence-electron chi connectivity index (χ3n) is 4.33. The molecule has 8 heteroatoms. The minimum atomic E-state index is 0.135. The van der Waals surface area contributed by atoms with Gasteiger partial charge in [-0.25, -0.2) is 15.0 Å². The summed E-state index contributed by atoms with van der Waals surface area (Å²) in [6.45, 7) is 3.52. The van der Waals surface area contributed by atoms with Crippen molar-refractivity contribution in [3.05, 3.63) is 54.2 Å². The number of thiophene rings is 1. The molecular weight excluding hydrogens is 370 g/mol. The first-order chi connectivity index (χ1) is 13.6. The highest BCUT2D eigenvalue weighted by atomic mass is 32.1. The normalized spacial score (nSPS) is 12.6. The predicted molar refractivity (Wildman–Crippen MR) is 113 cm³/mol. The molecule has 0 aliphatic carbocycles. The van der Waals surface area contributed by atoms with Crippen LogP contribution in [0, 0.1) is 0 Å². The van der Waals surface area contributed by atoms with Gasteiger partial charge in [-0.3, -0.25) is 4.68 Å². The van der Waals surface area contributed by atoms with Crippen LogP contribution in [0.4, 0.5) is 5.82 Å². The maximum absolute atomic E-state index is 4.87. The van der Waals surface area contributed by atoms with Crippen LogP contribution in [0.15, 0.2) is 48.4 Å². The van der Waals surface area contributed by atoms with Gasteiger partial charge in [-0.05, 0) is 26.6 Å². The lowest BCUT2D eigenvalue weighted by molar-refractivity contribution is 0.391. The Morgan fingerprint density at radius 1 is 1.18 bits per heavy atom. The molecule has 0 saturated carbocycles. The van der Waals surface area contributed by atoms with Gasteiger partial charge in [0, 0.05) is 17.0 Å². The molecule has 0 fully saturated rings. The summed E-state index contributed by atoms with van der Waals surface area (Å²) < 4.78 is 1.82. The Morgan fingerprint density at radius 2 is 2.00 bits per heavy atom. The molecule has 1 unspecified atom stereocenters. The van der Waals surface area contributed by atoms with Crippen LogP contribution < -0.4 is 5.32 Å². The van der Waals surface area contributed by atoms with Crippen molar-refractivity contribution in [2.24, 2.45) is 0 Å². The van der Waals surface area contributed by atoms with E-state index in [4.69, 9.17) is 9.97 Å². The van der Waals surface area contributed by atoms with Gasteiger partial charge in [0.25, 0.3) is 0 Å². The fraction of sp³-hybridized carbons (Fsp3) is 0.300. The largest absolute Gasteiger partial charge is 0.365 e.